The van der Waals surface area contributed by atoms with Crippen molar-refractivity contribution < 1.29 is 0 Å². The van der Waals surface area contributed by atoms with Crippen molar-refractivity contribution in [3.63, 3.8) is 0 Å². The molecule has 0 fully saturated rings. The molecule has 170 valence electrons. The summed E-state index contributed by atoms with van der Waals surface area (Å²) in [6, 6.07) is 24.8. The zero-order chi connectivity index (χ0) is 24.2. The van der Waals surface area contributed by atoms with Crippen molar-refractivity contribution in [3.8, 4) is 23.0 Å². The summed E-state index contributed by atoms with van der Waals surface area (Å²) >= 11 is 6.01. The van der Waals surface area contributed by atoms with Crippen LogP contribution >= 0.6 is 11.6 Å². The van der Waals surface area contributed by atoms with E-state index in [0.29, 0.717) is 29.2 Å². The first-order valence-electron chi connectivity index (χ1n) is 11.0. The van der Waals surface area contributed by atoms with E-state index >= 15 is 0 Å². The number of imidazole rings is 1. The van der Waals surface area contributed by atoms with Crippen molar-refractivity contribution in [2.24, 2.45) is 0 Å². The molecule has 1 N–H and O–H groups in total. The molecule has 0 aliphatic heterocycles. The number of aromatic amines is 1. The molecule has 35 heavy (non-hydrogen) atoms. The molecule has 0 aliphatic rings. The van der Waals surface area contributed by atoms with Crippen molar-refractivity contribution in [2.75, 3.05) is 0 Å². The molecule has 0 amide bonds. The van der Waals surface area contributed by atoms with Crippen molar-refractivity contribution in [3.05, 3.63) is 135 Å². The van der Waals surface area contributed by atoms with Gasteiger partial charge in [0, 0.05) is 43.2 Å². The molecule has 6 nitrogen and oxygen atoms in total. The second-order valence-corrected chi connectivity index (χ2v) is 8.58. The van der Waals surface area contributed by atoms with Crippen LogP contribution in [0.25, 0.3) is 16.9 Å². The Morgan fingerprint density at radius 3 is 2.51 bits per heavy atom. The van der Waals surface area contributed by atoms with Crippen molar-refractivity contribution in [1.82, 2.24) is 19.5 Å². The number of nitrogens with zero attached hydrogens (tertiary/aromatic N) is 4. The largest absolute Gasteiger partial charge is 0.345 e. The molecule has 0 radical (unpaired) electrons. The van der Waals surface area contributed by atoms with E-state index in [1.54, 1.807) is 24.5 Å². The highest BCUT2D eigenvalue weighted by atomic mass is 35.5. The van der Waals surface area contributed by atoms with Gasteiger partial charge in [-0.2, -0.15) is 5.26 Å². The van der Waals surface area contributed by atoms with Gasteiger partial charge in [-0.15, -0.1) is 0 Å². The lowest BCUT2D eigenvalue weighted by molar-refractivity contribution is 0.931. The first-order chi connectivity index (χ1) is 17.1. The molecule has 0 spiro atoms. The molecule has 0 saturated heterocycles. The van der Waals surface area contributed by atoms with Crippen LogP contribution in [-0.4, -0.2) is 19.5 Å². The van der Waals surface area contributed by atoms with Crippen LogP contribution in [0.15, 0.2) is 96.2 Å². The maximum atomic E-state index is 12.1. The number of hydrogen-bond acceptors (Lipinski definition) is 4. The third kappa shape index (κ3) is 5.06. The SMILES string of the molecule is N#Cc1ccc(Cc2ncc(Cc3ccc(-n4cc(Cl)ccc4=O)nc3)[nH]2)cc1-c1ccccc1. The van der Waals surface area contributed by atoms with E-state index in [9.17, 15) is 10.1 Å². The van der Waals surface area contributed by atoms with Crippen molar-refractivity contribution >= 4 is 11.6 Å². The minimum absolute atomic E-state index is 0.189. The second kappa shape index (κ2) is 9.80. The molecule has 5 aromatic rings. The van der Waals surface area contributed by atoms with Gasteiger partial charge in [-0.3, -0.25) is 9.36 Å². The molecule has 3 aromatic heterocycles. The topological polar surface area (TPSA) is 87.4 Å². The molecular weight excluding hydrogens is 458 g/mol. The number of rotatable bonds is 6. The number of halogens is 1. The third-order valence-electron chi connectivity index (χ3n) is 5.67. The van der Waals surface area contributed by atoms with Gasteiger partial charge in [0.15, 0.2) is 0 Å². The van der Waals surface area contributed by atoms with Crippen LogP contribution in [0.4, 0.5) is 0 Å². The predicted octanol–water partition coefficient (Wildman–Crippen LogP) is 5.33. The summed E-state index contributed by atoms with van der Waals surface area (Å²) in [6.07, 6.45) is 6.38. The number of benzene rings is 2. The highest BCUT2D eigenvalue weighted by Gasteiger charge is 2.09. The monoisotopic (exact) mass is 477 g/mol. The summed E-state index contributed by atoms with van der Waals surface area (Å²) in [5.41, 5.74) is 5.42. The third-order valence-corrected chi connectivity index (χ3v) is 5.89. The molecule has 0 saturated carbocycles. The van der Waals surface area contributed by atoms with Gasteiger partial charge in [0.2, 0.25) is 0 Å². The summed E-state index contributed by atoms with van der Waals surface area (Å²) < 4.78 is 1.42. The van der Waals surface area contributed by atoms with Gasteiger partial charge < -0.3 is 4.98 Å². The average molecular weight is 478 g/mol. The average Bonchev–Trinajstić information content (AvgIpc) is 3.33. The van der Waals surface area contributed by atoms with Gasteiger partial charge in [0.05, 0.1) is 16.7 Å². The summed E-state index contributed by atoms with van der Waals surface area (Å²) in [6.45, 7) is 0. The Bertz CT molecular complexity index is 1580. The second-order valence-electron chi connectivity index (χ2n) is 8.15. The summed E-state index contributed by atoms with van der Waals surface area (Å²) in [4.78, 5) is 24.4. The Balaban J connectivity index is 1.31. The van der Waals surface area contributed by atoms with E-state index in [2.05, 4.69) is 27.1 Å². The van der Waals surface area contributed by atoms with Crippen LogP contribution in [0.2, 0.25) is 5.02 Å². The van der Waals surface area contributed by atoms with Crippen molar-refractivity contribution in [1.29, 1.82) is 5.26 Å². The maximum Gasteiger partial charge on any atom is 0.256 e. The van der Waals surface area contributed by atoms with Gasteiger partial charge in [-0.05, 0) is 46.5 Å². The van der Waals surface area contributed by atoms with E-state index in [0.717, 1.165) is 33.8 Å². The summed E-state index contributed by atoms with van der Waals surface area (Å²) in [7, 11) is 0. The Kier molecular flexibility index (Phi) is 6.25. The molecule has 0 atom stereocenters. The normalized spacial score (nSPS) is 10.7. The van der Waals surface area contributed by atoms with Gasteiger partial charge in [-0.1, -0.05) is 54.1 Å². The quantitative estimate of drug-likeness (QED) is 0.358. The molecule has 0 aliphatic carbocycles. The fraction of sp³-hybridized carbons (Fsp3) is 0.0714. The fourth-order valence-corrected chi connectivity index (χ4v) is 4.12. The standard InChI is InChI=1S/C28H20ClN5O/c29-23-9-11-28(35)34(18-23)27-10-7-20(16-32-27)12-24-17-31-26(33-24)14-19-6-8-22(15-30)25(13-19)21-4-2-1-3-5-21/h1-11,13,16-18H,12,14H2,(H,31,33). The molecule has 0 unspecified atom stereocenters. The fourth-order valence-electron chi connectivity index (χ4n) is 3.96. The zero-order valence-electron chi connectivity index (χ0n) is 18.6. The molecule has 2 aromatic carbocycles. The minimum atomic E-state index is -0.189. The summed E-state index contributed by atoms with van der Waals surface area (Å²) in [5, 5.41) is 9.99. The van der Waals surface area contributed by atoms with Crippen LogP contribution in [0.5, 0.6) is 0 Å². The van der Waals surface area contributed by atoms with E-state index in [4.69, 9.17) is 11.6 Å². The highest BCUT2D eigenvalue weighted by molar-refractivity contribution is 6.30. The maximum absolute atomic E-state index is 12.1. The van der Waals surface area contributed by atoms with Crippen LogP contribution < -0.4 is 5.56 Å². The molecular formula is C28H20ClN5O. The van der Waals surface area contributed by atoms with Gasteiger partial charge in [0.1, 0.15) is 11.6 Å². The first kappa shape index (κ1) is 22.3. The van der Waals surface area contributed by atoms with E-state index < -0.39 is 0 Å². The molecule has 5 rings (SSSR count). The highest BCUT2D eigenvalue weighted by Crippen LogP contribution is 2.25. The number of hydrogen-bond donors (Lipinski definition) is 1. The number of aromatic nitrogens is 4. The molecule has 7 heteroatoms. The van der Waals surface area contributed by atoms with Crippen LogP contribution in [0, 0.1) is 11.3 Å². The Morgan fingerprint density at radius 1 is 0.914 bits per heavy atom. The van der Waals surface area contributed by atoms with Gasteiger partial charge in [0.25, 0.3) is 5.56 Å². The predicted molar refractivity (Wildman–Crippen MR) is 136 cm³/mol. The van der Waals surface area contributed by atoms with Gasteiger partial charge in [-0.25, -0.2) is 9.97 Å². The Hall–Kier alpha value is -4.47. The lowest BCUT2D eigenvalue weighted by atomic mass is 9.97. The van der Waals surface area contributed by atoms with Crippen LogP contribution in [0.1, 0.15) is 28.2 Å². The molecule has 0 bridgehead atoms. The van der Waals surface area contributed by atoms with E-state index in [1.807, 2.05) is 54.7 Å². The number of H-pyrrole nitrogens is 1. The van der Waals surface area contributed by atoms with Gasteiger partial charge >= 0.3 is 0 Å². The Labute approximate surface area is 207 Å². The number of pyridine rings is 2. The first-order valence-corrected chi connectivity index (χ1v) is 11.4. The van der Waals surface area contributed by atoms with Crippen molar-refractivity contribution in [2.45, 2.75) is 12.8 Å². The smallest absolute Gasteiger partial charge is 0.256 e. The lowest BCUT2D eigenvalue weighted by Gasteiger charge is -2.07. The lowest BCUT2D eigenvalue weighted by Crippen LogP contribution is -2.17. The van der Waals surface area contributed by atoms with E-state index in [1.165, 1.54) is 10.6 Å². The number of nitrogens with one attached hydrogen (secondary N) is 1. The van der Waals surface area contributed by atoms with Crippen LogP contribution in [0.3, 0.4) is 0 Å². The Morgan fingerprint density at radius 2 is 1.74 bits per heavy atom. The summed E-state index contributed by atoms with van der Waals surface area (Å²) in [5.74, 6) is 1.36. The zero-order valence-corrected chi connectivity index (χ0v) is 19.4. The van der Waals surface area contributed by atoms with Crippen LogP contribution in [-0.2, 0) is 12.8 Å². The minimum Gasteiger partial charge on any atom is -0.345 e. The van der Waals surface area contributed by atoms with E-state index in [-0.39, 0.29) is 5.56 Å². The molecule has 3 heterocycles. The number of nitriles is 1.